The number of pyridine rings is 1. The standard InChI is InChI=1S/C27H22BrFN4OS/c1-34-14-13-33-26(31-32-27(33)35-17-19-11-12-20(28)15-23(19)29)22-16-25(18-7-3-2-4-8-18)30-24-10-6-5-9-21(22)24/h2-12,15-16H,13-14,17H2,1H3. The van der Waals surface area contributed by atoms with Crippen LogP contribution in [0.1, 0.15) is 5.56 Å². The van der Waals surface area contributed by atoms with Crippen LogP contribution in [0.4, 0.5) is 4.39 Å². The molecule has 5 aromatic rings. The van der Waals surface area contributed by atoms with Crippen molar-refractivity contribution in [3.63, 3.8) is 0 Å². The maximum absolute atomic E-state index is 14.4. The van der Waals surface area contributed by atoms with E-state index in [4.69, 9.17) is 9.72 Å². The van der Waals surface area contributed by atoms with Gasteiger partial charge in [0.2, 0.25) is 0 Å². The zero-order valence-electron chi connectivity index (χ0n) is 19.0. The monoisotopic (exact) mass is 548 g/mol. The molecule has 0 aliphatic rings. The van der Waals surface area contributed by atoms with E-state index in [1.807, 2.05) is 65.2 Å². The Kier molecular flexibility index (Phi) is 7.22. The van der Waals surface area contributed by atoms with Gasteiger partial charge >= 0.3 is 0 Å². The molecule has 3 aromatic carbocycles. The van der Waals surface area contributed by atoms with Gasteiger partial charge in [0.25, 0.3) is 0 Å². The number of halogens is 2. The quantitative estimate of drug-likeness (QED) is 0.195. The Morgan fingerprint density at radius 3 is 2.57 bits per heavy atom. The third kappa shape index (κ3) is 5.15. The van der Waals surface area contributed by atoms with Gasteiger partial charge in [0.1, 0.15) is 5.82 Å². The average molecular weight is 549 g/mol. The summed E-state index contributed by atoms with van der Waals surface area (Å²) in [6.45, 7) is 1.07. The molecule has 5 rings (SSSR count). The number of para-hydroxylation sites is 1. The van der Waals surface area contributed by atoms with Gasteiger partial charge in [-0.15, -0.1) is 10.2 Å². The summed E-state index contributed by atoms with van der Waals surface area (Å²) in [5.41, 5.74) is 4.34. The summed E-state index contributed by atoms with van der Waals surface area (Å²) >= 11 is 4.77. The van der Waals surface area contributed by atoms with Gasteiger partial charge in [-0.25, -0.2) is 9.37 Å². The lowest BCUT2D eigenvalue weighted by Gasteiger charge is -2.13. The van der Waals surface area contributed by atoms with Crippen molar-refractivity contribution in [1.82, 2.24) is 19.7 Å². The first kappa shape index (κ1) is 23.7. The summed E-state index contributed by atoms with van der Waals surface area (Å²) in [6.07, 6.45) is 0. The van der Waals surface area contributed by atoms with Crippen LogP contribution in [0.3, 0.4) is 0 Å². The second kappa shape index (κ2) is 10.7. The highest BCUT2D eigenvalue weighted by molar-refractivity contribution is 9.10. The van der Waals surface area contributed by atoms with E-state index in [0.717, 1.165) is 33.5 Å². The van der Waals surface area contributed by atoms with Crippen LogP contribution in [0.25, 0.3) is 33.5 Å². The van der Waals surface area contributed by atoms with Gasteiger partial charge in [-0.3, -0.25) is 4.57 Å². The molecule has 0 aliphatic carbocycles. The van der Waals surface area contributed by atoms with Crippen molar-refractivity contribution in [3.05, 3.63) is 94.7 Å². The van der Waals surface area contributed by atoms with Crippen LogP contribution in [0.5, 0.6) is 0 Å². The average Bonchev–Trinajstić information content (AvgIpc) is 3.29. The Hall–Kier alpha value is -3.07. The molecule has 5 nitrogen and oxygen atoms in total. The number of methoxy groups -OCH3 is 1. The predicted molar refractivity (Wildman–Crippen MR) is 142 cm³/mol. The van der Waals surface area contributed by atoms with Crippen molar-refractivity contribution >= 4 is 38.6 Å². The molecule has 8 heteroatoms. The van der Waals surface area contributed by atoms with Crippen LogP contribution < -0.4 is 0 Å². The summed E-state index contributed by atoms with van der Waals surface area (Å²) < 4.78 is 22.5. The van der Waals surface area contributed by atoms with Gasteiger partial charge in [0.15, 0.2) is 11.0 Å². The SMILES string of the molecule is COCCn1c(SCc2ccc(Br)cc2F)nnc1-c1cc(-c2ccccc2)nc2ccccc12. The molecule has 176 valence electrons. The van der Waals surface area contributed by atoms with Crippen molar-refractivity contribution in [3.8, 4) is 22.6 Å². The van der Waals surface area contributed by atoms with Gasteiger partial charge in [0, 0.05) is 33.8 Å². The summed E-state index contributed by atoms with van der Waals surface area (Å²) in [6, 6.07) is 25.3. The van der Waals surface area contributed by atoms with E-state index in [1.165, 1.54) is 17.8 Å². The first-order chi connectivity index (χ1) is 17.1. The number of hydrogen-bond donors (Lipinski definition) is 0. The second-order valence-electron chi connectivity index (χ2n) is 7.91. The number of fused-ring (bicyclic) bond motifs is 1. The summed E-state index contributed by atoms with van der Waals surface area (Å²) in [5, 5.41) is 10.8. The molecule has 0 saturated carbocycles. The van der Waals surface area contributed by atoms with Gasteiger partial charge in [-0.05, 0) is 29.8 Å². The fourth-order valence-corrected chi connectivity index (χ4v) is 5.16. The zero-order chi connectivity index (χ0) is 24.2. The van der Waals surface area contributed by atoms with E-state index in [-0.39, 0.29) is 5.82 Å². The van der Waals surface area contributed by atoms with Crippen molar-refractivity contribution in [2.75, 3.05) is 13.7 Å². The minimum absolute atomic E-state index is 0.248. The molecule has 0 spiro atoms. The molecule has 2 heterocycles. The largest absolute Gasteiger partial charge is 0.383 e. The van der Waals surface area contributed by atoms with E-state index >= 15 is 0 Å². The van der Waals surface area contributed by atoms with Crippen LogP contribution in [0.15, 0.2) is 88.5 Å². The number of rotatable bonds is 8. The fraction of sp³-hybridized carbons (Fsp3) is 0.148. The van der Waals surface area contributed by atoms with Crippen LogP contribution in [-0.2, 0) is 17.0 Å². The number of thioether (sulfide) groups is 1. The molecule has 2 aromatic heterocycles. The van der Waals surface area contributed by atoms with Crippen LogP contribution in [-0.4, -0.2) is 33.5 Å². The van der Waals surface area contributed by atoms with Gasteiger partial charge < -0.3 is 4.74 Å². The highest BCUT2D eigenvalue weighted by Gasteiger charge is 2.19. The summed E-state index contributed by atoms with van der Waals surface area (Å²) in [4.78, 5) is 4.89. The Labute approximate surface area is 215 Å². The number of nitrogens with zero attached hydrogens (tertiary/aromatic N) is 4. The van der Waals surface area contributed by atoms with E-state index in [0.29, 0.717) is 34.1 Å². The lowest BCUT2D eigenvalue weighted by molar-refractivity contribution is 0.185. The fourth-order valence-electron chi connectivity index (χ4n) is 3.88. The van der Waals surface area contributed by atoms with E-state index in [9.17, 15) is 4.39 Å². The van der Waals surface area contributed by atoms with E-state index in [1.54, 1.807) is 13.2 Å². The third-order valence-electron chi connectivity index (χ3n) is 5.63. The number of hydrogen-bond acceptors (Lipinski definition) is 5. The second-order valence-corrected chi connectivity index (χ2v) is 9.77. The Bertz CT molecular complexity index is 1480. The maximum Gasteiger partial charge on any atom is 0.191 e. The van der Waals surface area contributed by atoms with Crippen molar-refractivity contribution in [2.45, 2.75) is 17.5 Å². The maximum atomic E-state index is 14.4. The minimum atomic E-state index is -0.248. The topological polar surface area (TPSA) is 52.8 Å². The first-order valence-electron chi connectivity index (χ1n) is 11.1. The first-order valence-corrected chi connectivity index (χ1v) is 12.9. The number of ether oxygens (including phenoxy) is 1. The van der Waals surface area contributed by atoms with Crippen LogP contribution in [0, 0.1) is 5.82 Å². The lowest BCUT2D eigenvalue weighted by Crippen LogP contribution is -2.08. The molecule has 0 aliphatic heterocycles. The molecule has 0 bridgehead atoms. The van der Waals surface area contributed by atoms with Crippen LogP contribution >= 0.6 is 27.7 Å². The molecule has 0 saturated heterocycles. The predicted octanol–water partition coefficient (Wildman–Crippen LogP) is 7.00. The lowest BCUT2D eigenvalue weighted by atomic mass is 10.0. The van der Waals surface area contributed by atoms with Crippen molar-refractivity contribution < 1.29 is 9.13 Å². The number of benzene rings is 3. The molecule has 0 N–H and O–H groups in total. The highest BCUT2D eigenvalue weighted by atomic mass is 79.9. The summed E-state index contributed by atoms with van der Waals surface area (Å²) in [5.74, 6) is 0.927. The molecule has 0 amide bonds. The zero-order valence-corrected chi connectivity index (χ0v) is 21.4. The smallest absolute Gasteiger partial charge is 0.191 e. The molecular weight excluding hydrogens is 527 g/mol. The number of aromatic nitrogens is 4. The molecule has 0 radical (unpaired) electrons. The van der Waals surface area contributed by atoms with Crippen LogP contribution in [0.2, 0.25) is 0 Å². The third-order valence-corrected chi connectivity index (χ3v) is 7.14. The molecular formula is C27H22BrFN4OS. The summed E-state index contributed by atoms with van der Waals surface area (Å²) in [7, 11) is 1.67. The Balaban J connectivity index is 1.58. The van der Waals surface area contributed by atoms with Crippen molar-refractivity contribution in [1.29, 1.82) is 0 Å². The van der Waals surface area contributed by atoms with Gasteiger partial charge in [0.05, 0.1) is 24.4 Å². The normalized spacial score (nSPS) is 11.3. The molecule has 0 atom stereocenters. The van der Waals surface area contributed by atoms with E-state index in [2.05, 4.69) is 32.2 Å². The van der Waals surface area contributed by atoms with Gasteiger partial charge in [-0.2, -0.15) is 0 Å². The molecule has 35 heavy (non-hydrogen) atoms. The highest BCUT2D eigenvalue weighted by Crippen LogP contribution is 2.34. The van der Waals surface area contributed by atoms with Gasteiger partial charge in [-0.1, -0.05) is 82.3 Å². The molecule has 0 fully saturated rings. The van der Waals surface area contributed by atoms with Crippen molar-refractivity contribution in [2.24, 2.45) is 0 Å². The molecule has 0 unspecified atom stereocenters. The Morgan fingerprint density at radius 1 is 0.971 bits per heavy atom. The minimum Gasteiger partial charge on any atom is -0.383 e. The Morgan fingerprint density at radius 2 is 1.77 bits per heavy atom. The van der Waals surface area contributed by atoms with E-state index < -0.39 is 0 Å².